The maximum Gasteiger partial charge on any atom is 0.191 e. The molecule has 126 valence electrons. The lowest BCUT2D eigenvalue weighted by Crippen LogP contribution is -2.43. The van der Waals surface area contributed by atoms with Gasteiger partial charge < -0.3 is 15.4 Å². The lowest BCUT2D eigenvalue weighted by Gasteiger charge is -2.27. The van der Waals surface area contributed by atoms with Crippen LogP contribution in [0.4, 0.5) is 0 Å². The summed E-state index contributed by atoms with van der Waals surface area (Å²) in [6, 6.07) is 2.26. The van der Waals surface area contributed by atoms with Crippen molar-refractivity contribution in [2.24, 2.45) is 4.99 Å². The maximum absolute atomic E-state index is 5.30. The van der Waals surface area contributed by atoms with Crippen LogP contribution < -0.4 is 10.6 Å². The molecule has 0 radical (unpaired) electrons. The Morgan fingerprint density at radius 2 is 2.23 bits per heavy atom. The third-order valence-electron chi connectivity index (χ3n) is 3.57. The zero-order valence-corrected chi connectivity index (χ0v) is 16.6. The number of halogens is 1. The number of thiophene rings is 1. The second-order valence-electron chi connectivity index (χ2n) is 5.02. The lowest BCUT2D eigenvalue weighted by atomic mass is 10.1. The monoisotopic (exact) mass is 438 g/mol. The van der Waals surface area contributed by atoms with E-state index in [-0.39, 0.29) is 24.0 Å². The summed E-state index contributed by atoms with van der Waals surface area (Å²) in [4.78, 5) is 8.28. The lowest BCUT2D eigenvalue weighted by molar-refractivity contribution is 0.152. The van der Waals surface area contributed by atoms with Crippen molar-refractivity contribution in [3.8, 4) is 0 Å². The van der Waals surface area contributed by atoms with Crippen LogP contribution in [0, 0.1) is 0 Å². The summed E-state index contributed by atoms with van der Waals surface area (Å²) in [5.74, 6) is 0.850. The molecule has 5 nitrogen and oxygen atoms in total. The van der Waals surface area contributed by atoms with Gasteiger partial charge in [-0.25, -0.2) is 0 Å². The average molecular weight is 438 g/mol. The van der Waals surface area contributed by atoms with Crippen LogP contribution in [0.2, 0.25) is 0 Å². The number of guanidine groups is 1. The molecular weight excluding hydrogens is 411 g/mol. The molecule has 0 fully saturated rings. The third kappa shape index (κ3) is 6.39. The number of hydrogen-bond acceptors (Lipinski definition) is 4. The van der Waals surface area contributed by atoms with Gasteiger partial charge in [0.15, 0.2) is 5.96 Å². The predicted molar refractivity (Wildman–Crippen MR) is 105 cm³/mol. The van der Waals surface area contributed by atoms with E-state index in [2.05, 4.69) is 32.0 Å². The SMILES string of the molecule is CCOCCNC(=NC)NCCN1CCc2sccc2C1.I. The molecule has 1 aromatic heterocycles. The smallest absolute Gasteiger partial charge is 0.191 e. The van der Waals surface area contributed by atoms with Crippen molar-refractivity contribution >= 4 is 41.3 Å². The van der Waals surface area contributed by atoms with Gasteiger partial charge in [-0.05, 0) is 30.4 Å². The summed E-state index contributed by atoms with van der Waals surface area (Å²) in [5.41, 5.74) is 1.51. The largest absolute Gasteiger partial charge is 0.380 e. The number of ether oxygens (including phenoxy) is 1. The number of rotatable bonds is 7. The Bertz CT molecular complexity index is 453. The molecule has 0 bridgehead atoms. The Morgan fingerprint density at radius 1 is 1.41 bits per heavy atom. The van der Waals surface area contributed by atoms with Gasteiger partial charge >= 0.3 is 0 Å². The summed E-state index contributed by atoms with van der Waals surface area (Å²) in [7, 11) is 1.80. The van der Waals surface area contributed by atoms with Crippen LogP contribution >= 0.6 is 35.3 Å². The first-order chi connectivity index (χ1) is 10.3. The molecule has 0 atom stereocenters. The molecule has 0 aliphatic carbocycles. The molecule has 1 aliphatic heterocycles. The van der Waals surface area contributed by atoms with E-state index < -0.39 is 0 Å². The highest BCUT2D eigenvalue weighted by Gasteiger charge is 2.16. The second kappa shape index (κ2) is 11.2. The molecule has 1 aliphatic rings. The van der Waals surface area contributed by atoms with Crippen LogP contribution in [0.25, 0.3) is 0 Å². The topological polar surface area (TPSA) is 48.9 Å². The summed E-state index contributed by atoms with van der Waals surface area (Å²) in [5, 5.41) is 8.81. The molecule has 2 heterocycles. The van der Waals surface area contributed by atoms with Gasteiger partial charge in [-0.1, -0.05) is 0 Å². The number of nitrogens with zero attached hydrogens (tertiary/aromatic N) is 2. The van der Waals surface area contributed by atoms with Gasteiger partial charge in [-0.2, -0.15) is 0 Å². The van der Waals surface area contributed by atoms with E-state index in [0.717, 1.165) is 45.3 Å². The highest BCUT2D eigenvalue weighted by molar-refractivity contribution is 14.0. The molecule has 0 saturated carbocycles. The first-order valence-electron chi connectivity index (χ1n) is 7.63. The van der Waals surface area contributed by atoms with Gasteiger partial charge in [0.05, 0.1) is 6.61 Å². The van der Waals surface area contributed by atoms with Crippen molar-refractivity contribution in [1.82, 2.24) is 15.5 Å². The van der Waals surface area contributed by atoms with Gasteiger partial charge in [0.1, 0.15) is 0 Å². The van der Waals surface area contributed by atoms with E-state index in [4.69, 9.17) is 4.74 Å². The van der Waals surface area contributed by atoms with E-state index in [0.29, 0.717) is 6.61 Å². The molecule has 1 aromatic rings. The first-order valence-corrected chi connectivity index (χ1v) is 8.51. The van der Waals surface area contributed by atoms with Gasteiger partial charge in [0.25, 0.3) is 0 Å². The van der Waals surface area contributed by atoms with E-state index in [9.17, 15) is 0 Å². The molecule has 2 rings (SSSR count). The third-order valence-corrected chi connectivity index (χ3v) is 4.60. The van der Waals surface area contributed by atoms with Crippen LogP contribution in [0.15, 0.2) is 16.4 Å². The average Bonchev–Trinajstić information content (AvgIpc) is 2.97. The van der Waals surface area contributed by atoms with E-state index >= 15 is 0 Å². The van der Waals surface area contributed by atoms with Crippen molar-refractivity contribution < 1.29 is 4.74 Å². The maximum atomic E-state index is 5.30. The van der Waals surface area contributed by atoms with Crippen molar-refractivity contribution in [2.45, 2.75) is 19.9 Å². The first kappa shape index (κ1) is 19.7. The minimum absolute atomic E-state index is 0. The highest BCUT2D eigenvalue weighted by Crippen LogP contribution is 2.23. The second-order valence-corrected chi connectivity index (χ2v) is 6.02. The Hall–Kier alpha value is -0.380. The zero-order chi connectivity index (χ0) is 14.9. The van der Waals surface area contributed by atoms with Crippen molar-refractivity contribution in [3.05, 3.63) is 21.9 Å². The molecule has 0 amide bonds. The fraction of sp³-hybridized carbons (Fsp3) is 0.667. The van der Waals surface area contributed by atoms with E-state index in [1.165, 1.54) is 12.0 Å². The molecule has 0 saturated heterocycles. The summed E-state index contributed by atoms with van der Waals surface area (Å²) in [6.45, 7) is 8.45. The molecule has 7 heteroatoms. The van der Waals surface area contributed by atoms with Gasteiger partial charge in [-0.15, -0.1) is 35.3 Å². The molecule has 2 N–H and O–H groups in total. The molecule has 0 spiro atoms. The summed E-state index contributed by atoms with van der Waals surface area (Å²) >= 11 is 1.89. The predicted octanol–water partition coefficient (Wildman–Crippen LogP) is 1.93. The van der Waals surface area contributed by atoms with Gasteiger partial charge in [-0.3, -0.25) is 9.89 Å². The minimum atomic E-state index is 0. The van der Waals surface area contributed by atoms with Crippen molar-refractivity contribution in [3.63, 3.8) is 0 Å². The van der Waals surface area contributed by atoms with Crippen molar-refractivity contribution in [1.29, 1.82) is 0 Å². The zero-order valence-electron chi connectivity index (χ0n) is 13.4. The molecule has 22 heavy (non-hydrogen) atoms. The van der Waals surface area contributed by atoms with Crippen molar-refractivity contribution in [2.75, 3.05) is 46.4 Å². The molecular formula is C15H27IN4OS. The highest BCUT2D eigenvalue weighted by atomic mass is 127. The number of hydrogen-bond donors (Lipinski definition) is 2. The molecule has 0 unspecified atom stereocenters. The van der Waals surface area contributed by atoms with Crippen LogP contribution in [-0.4, -0.2) is 57.3 Å². The number of nitrogens with one attached hydrogen (secondary N) is 2. The summed E-state index contributed by atoms with van der Waals surface area (Å²) < 4.78 is 5.30. The van der Waals surface area contributed by atoms with E-state index in [1.54, 1.807) is 11.9 Å². The van der Waals surface area contributed by atoms with Crippen LogP contribution in [0.5, 0.6) is 0 Å². The number of fused-ring (bicyclic) bond motifs is 1. The Labute approximate surface area is 154 Å². The Balaban J connectivity index is 0.00000242. The fourth-order valence-electron chi connectivity index (χ4n) is 2.44. The molecule has 0 aromatic carbocycles. The van der Waals surface area contributed by atoms with Gasteiger partial charge in [0, 0.05) is 51.3 Å². The fourth-order valence-corrected chi connectivity index (χ4v) is 3.33. The van der Waals surface area contributed by atoms with Crippen LogP contribution in [0.1, 0.15) is 17.4 Å². The van der Waals surface area contributed by atoms with Gasteiger partial charge in [0.2, 0.25) is 0 Å². The van der Waals surface area contributed by atoms with Crippen LogP contribution in [0.3, 0.4) is 0 Å². The van der Waals surface area contributed by atoms with E-state index in [1.807, 2.05) is 18.3 Å². The quantitative estimate of drug-likeness (QED) is 0.296. The summed E-state index contributed by atoms with van der Waals surface area (Å²) in [6.07, 6.45) is 1.19. The normalized spacial score (nSPS) is 15.1. The Kier molecular flexibility index (Phi) is 10.0. The Morgan fingerprint density at radius 3 is 3.00 bits per heavy atom. The number of aliphatic imine (C=N–C) groups is 1. The minimum Gasteiger partial charge on any atom is -0.380 e. The standard InChI is InChI=1S/C15H26N4OS.HI/c1-3-20-10-7-18-15(16-2)17-6-9-19-8-4-14-13(12-19)5-11-21-14;/h5,11H,3-4,6-10,12H2,1-2H3,(H2,16,17,18);1H. The van der Waals surface area contributed by atoms with Crippen LogP contribution in [-0.2, 0) is 17.7 Å².